The van der Waals surface area contributed by atoms with Gasteiger partial charge in [-0.2, -0.15) is 0 Å². The van der Waals surface area contributed by atoms with Crippen molar-refractivity contribution in [3.63, 3.8) is 0 Å². The highest BCUT2D eigenvalue weighted by atomic mass is 16.5. The van der Waals surface area contributed by atoms with E-state index in [1.54, 1.807) is 7.05 Å². The molecule has 136 valence electrons. The highest BCUT2D eigenvalue weighted by Gasteiger charge is 2.44. The van der Waals surface area contributed by atoms with E-state index in [2.05, 4.69) is 46.0 Å². The van der Waals surface area contributed by atoms with E-state index in [1.807, 2.05) is 18.2 Å². The van der Waals surface area contributed by atoms with Crippen molar-refractivity contribution >= 4 is 11.6 Å². The summed E-state index contributed by atoms with van der Waals surface area (Å²) in [7, 11) is 1.79. The van der Waals surface area contributed by atoms with Gasteiger partial charge in [0.15, 0.2) is 17.5 Å². The molecule has 2 aromatic rings. The Balaban J connectivity index is 1.40. The number of ether oxygens (including phenoxy) is 2. The lowest BCUT2D eigenvalue weighted by molar-refractivity contribution is 0.297. The molecule has 0 bridgehead atoms. The lowest BCUT2D eigenvalue weighted by atomic mass is 9.96. The number of guanidine groups is 1. The van der Waals surface area contributed by atoms with Crippen LogP contribution in [0.4, 0.5) is 5.69 Å². The first kappa shape index (κ1) is 16.8. The molecule has 1 fully saturated rings. The molecule has 0 radical (unpaired) electrons. The summed E-state index contributed by atoms with van der Waals surface area (Å²) < 4.78 is 11.4. The smallest absolute Gasteiger partial charge is 0.195 e. The quantitative estimate of drug-likeness (QED) is 0.653. The first-order valence-corrected chi connectivity index (χ1v) is 9.22. The summed E-state index contributed by atoms with van der Waals surface area (Å²) in [6, 6.07) is 16.6. The van der Waals surface area contributed by atoms with E-state index in [-0.39, 0.29) is 5.41 Å². The molecule has 5 heteroatoms. The maximum Gasteiger partial charge on any atom is 0.195 e. The third kappa shape index (κ3) is 3.62. The minimum Gasteiger partial charge on any atom is -0.490 e. The van der Waals surface area contributed by atoms with Gasteiger partial charge >= 0.3 is 0 Å². The Hall–Kier alpha value is -2.69. The Bertz CT molecular complexity index is 785. The molecule has 1 aliphatic carbocycles. The number of hydrogen-bond donors (Lipinski definition) is 2. The van der Waals surface area contributed by atoms with Gasteiger partial charge in [-0.05, 0) is 30.5 Å². The Morgan fingerprint density at radius 1 is 1.04 bits per heavy atom. The van der Waals surface area contributed by atoms with E-state index < -0.39 is 0 Å². The molecule has 2 aromatic carbocycles. The lowest BCUT2D eigenvalue weighted by Gasteiger charge is -2.19. The minimum absolute atomic E-state index is 0.240. The van der Waals surface area contributed by atoms with Crippen molar-refractivity contribution in [2.75, 3.05) is 32.1 Å². The molecule has 4 rings (SSSR count). The molecule has 1 heterocycles. The number of nitrogens with one attached hydrogen (secondary N) is 2. The molecule has 0 spiro atoms. The van der Waals surface area contributed by atoms with Crippen LogP contribution in [0.25, 0.3) is 0 Å². The first-order chi connectivity index (χ1) is 12.8. The summed E-state index contributed by atoms with van der Waals surface area (Å²) in [6.45, 7) is 2.26. The van der Waals surface area contributed by atoms with Crippen LogP contribution < -0.4 is 20.1 Å². The van der Waals surface area contributed by atoms with Crippen molar-refractivity contribution < 1.29 is 9.47 Å². The number of anilines is 1. The van der Waals surface area contributed by atoms with Crippen LogP contribution >= 0.6 is 0 Å². The molecule has 26 heavy (non-hydrogen) atoms. The van der Waals surface area contributed by atoms with Crippen LogP contribution in [-0.2, 0) is 5.41 Å². The van der Waals surface area contributed by atoms with Crippen LogP contribution in [0.2, 0.25) is 0 Å². The van der Waals surface area contributed by atoms with Crippen LogP contribution in [0.1, 0.15) is 24.8 Å². The maximum atomic E-state index is 5.76. The predicted octanol–water partition coefficient (Wildman–Crippen LogP) is 3.57. The zero-order valence-electron chi connectivity index (χ0n) is 15.1. The molecule has 2 N–H and O–H groups in total. The zero-order chi connectivity index (χ0) is 17.8. The number of nitrogens with zero attached hydrogens (tertiary/aromatic N) is 1. The second-order valence-electron chi connectivity index (χ2n) is 6.91. The maximum absolute atomic E-state index is 5.76. The predicted molar refractivity (Wildman–Crippen MR) is 104 cm³/mol. The third-order valence-corrected chi connectivity index (χ3v) is 5.07. The van der Waals surface area contributed by atoms with Crippen molar-refractivity contribution in [3.05, 3.63) is 54.1 Å². The van der Waals surface area contributed by atoms with Crippen molar-refractivity contribution in [3.8, 4) is 11.5 Å². The second-order valence-corrected chi connectivity index (χ2v) is 6.91. The SMILES string of the molecule is CN=C(NCC1(c2ccccc2)CC1)Nc1ccc2c(c1)OCCCO2. The van der Waals surface area contributed by atoms with Gasteiger partial charge in [0.05, 0.1) is 13.2 Å². The average molecular weight is 351 g/mol. The Morgan fingerprint density at radius 2 is 1.81 bits per heavy atom. The standard InChI is InChI=1S/C21H25N3O2/c1-22-20(23-15-21(10-11-21)16-6-3-2-4-7-16)24-17-8-9-18-19(14-17)26-13-5-12-25-18/h2-4,6-9,14H,5,10-13,15H2,1H3,(H2,22,23,24). The number of aliphatic imine (C=N–C) groups is 1. The number of rotatable bonds is 4. The van der Waals surface area contributed by atoms with E-state index in [4.69, 9.17) is 9.47 Å². The monoisotopic (exact) mass is 351 g/mol. The van der Waals surface area contributed by atoms with Crippen LogP contribution in [0.15, 0.2) is 53.5 Å². The summed E-state index contributed by atoms with van der Waals surface area (Å²) in [4.78, 5) is 4.36. The lowest BCUT2D eigenvalue weighted by Crippen LogP contribution is -2.36. The molecule has 1 aliphatic heterocycles. The van der Waals surface area contributed by atoms with Gasteiger partial charge in [0, 0.05) is 37.2 Å². The van der Waals surface area contributed by atoms with E-state index in [0.29, 0.717) is 13.2 Å². The van der Waals surface area contributed by atoms with Crippen molar-refractivity contribution in [1.82, 2.24) is 5.32 Å². The van der Waals surface area contributed by atoms with Crippen LogP contribution in [0, 0.1) is 0 Å². The molecule has 0 saturated heterocycles. The Kier molecular flexibility index (Phi) is 4.69. The molecule has 5 nitrogen and oxygen atoms in total. The van der Waals surface area contributed by atoms with Crippen LogP contribution in [0.3, 0.4) is 0 Å². The second kappa shape index (κ2) is 7.28. The van der Waals surface area contributed by atoms with Crippen molar-refractivity contribution in [1.29, 1.82) is 0 Å². The normalized spacial score (nSPS) is 18.0. The van der Waals surface area contributed by atoms with Crippen LogP contribution in [-0.4, -0.2) is 32.8 Å². The van der Waals surface area contributed by atoms with Crippen molar-refractivity contribution in [2.45, 2.75) is 24.7 Å². The van der Waals surface area contributed by atoms with Gasteiger partial charge in [-0.3, -0.25) is 4.99 Å². The molecular formula is C21H25N3O2. The van der Waals surface area contributed by atoms with E-state index >= 15 is 0 Å². The van der Waals surface area contributed by atoms with Gasteiger partial charge in [0.25, 0.3) is 0 Å². The highest BCUT2D eigenvalue weighted by molar-refractivity contribution is 5.94. The third-order valence-electron chi connectivity index (χ3n) is 5.07. The fraction of sp³-hybridized carbons (Fsp3) is 0.381. The van der Waals surface area contributed by atoms with Gasteiger partial charge in [0.2, 0.25) is 0 Å². The summed E-state index contributed by atoms with van der Waals surface area (Å²) in [5.74, 6) is 2.35. The topological polar surface area (TPSA) is 54.9 Å². The molecule has 2 aliphatic rings. The summed E-state index contributed by atoms with van der Waals surface area (Å²) in [6.07, 6.45) is 3.33. The van der Waals surface area contributed by atoms with Gasteiger partial charge in [0.1, 0.15) is 0 Å². The Morgan fingerprint density at radius 3 is 2.54 bits per heavy atom. The summed E-state index contributed by atoms with van der Waals surface area (Å²) in [5.41, 5.74) is 2.58. The van der Waals surface area contributed by atoms with E-state index in [1.165, 1.54) is 18.4 Å². The van der Waals surface area contributed by atoms with Gasteiger partial charge in [-0.25, -0.2) is 0 Å². The van der Waals surface area contributed by atoms with Gasteiger partial charge in [-0.15, -0.1) is 0 Å². The van der Waals surface area contributed by atoms with Crippen molar-refractivity contribution in [2.24, 2.45) is 4.99 Å². The summed E-state index contributed by atoms with van der Waals surface area (Å²) >= 11 is 0. The number of fused-ring (bicyclic) bond motifs is 1. The molecule has 0 amide bonds. The zero-order valence-corrected chi connectivity index (χ0v) is 15.1. The molecule has 0 aromatic heterocycles. The number of hydrogen-bond acceptors (Lipinski definition) is 3. The summed E-state index contributed by atoms with van der Waals surface area (Å²) in [5, 5.41) is 6.83. The molecule has 1 saturated carbocycles. The van der Waals surface area contributed by atoms with Gasteiger partial charge in [-0.1, -0.05) is 30.3 Å². The molecule has 0 unspecified atom stereocenters. The van der Waals surface area contributed by atoms with Gasteiger partial charge < -0.3 is 20.1 Å². The molecular weight excluding hydrogens is 326 g/mol. The van der Waals surface area contributed by atoms with E-state index in [0.717, 1.165) is 36.1 Å². The fourth-order valence-electron chi connectivity index (χ4n) is 3.32. The number of benzene rings is 2. The highest BCUT2D eigenvalue weighted by Crippen LogP contribution is 2.47. The largest absolute Gasteiger partial charge is 0.490 e. The van der Waals surface area contributed by atoms with E-state index in [9.17, 15) is 0 Å². The fourth-order valence-corrected chi connectivity index (χ4v) is 3.32. The first-order valence-electron chi connectivity index (χ1n) is 9.22. The average Bonchev–Trinajstić information content (AvgIpc) is 3.50. The van der Waals surface area contributed by atoms with Crippen LogP contribution in [0.5, 0.6) is 11.5 Å². The Labute approximate surface area is 154 Å². The molecule has 0 atom stereocenters. The minimum atomic E-state index is 0.240.